The van der Waals surface area contributed by atoms with Gasteiger partial charge in [0.25, 0.3) is 0 Å². The van der Waals surface area contributed by atoms with Crippen LogP contribution in [0.4, 0.5) is 0 Å². The van der Waals surface area contributed by atoms with Crippen molar-refractivity contribution in [3.05, 3.63) is 197 Å². The van der Waals surface area contributed by atoms with Crippen LogP contribution in [0.3, 0.4) is 0 Å². The highest BCUT2D eigenvalue weighted by Gasteiger charge is 2.35. The number of rotatable bonds is 6. The van der Waals surface area contributed by atoms with Crippen LogP contribution in [-0.4, -0.2) is 10.7 Å². The maximum atomic E-state index is 5.41. The first-order valence-corrected chi connectivity index (χ1v) is 19.0. The molecule has 3 aliphatic carbocycles. The molecule has 5 aromatic rings. The fourth-order valence-corrected chi connectivity index (χ4v) is 8.88. The summed E-state index contributed by atoms with van der Waals surface area (Å²) in [7, 11) is 0. The normalized spacial score (nSPS) is 23.7. The monoisotopic (exact) mass is 672 g/mol. The molecule has 2 nitrogen and oxygen atoms in total. The third-order valence-corrected chi connectivity index (χ3v) is 11.6. The maximum Gasteiger partial charge on any atom is 0.0822 e. The van der Waals surface area contributed by atoms with E-state index in [1.165, 1.54) is 57.4 Å². The molecule has 5 atom stereocenters. The Kier molecular flexibility index (Phi) is 8.60. The molecule has 0 saturated carbocycles. The molecule has 0 spiro atoms. The lowest BCUT2D eigenvalue weighted by Gasteiger charge is -2.39. The molecule has 0 fully saturated rings. The zero-order valence-electron chi connectivity index (χ0n) is 30.0. The molecule has 0 amide bonds. The average molecular weight is 673 g/mol. The van der Waals surface area contributed by atoms with E-state index in [1.54, 1.807) is 0 Å². The zero-order valence-corrected chi connectivity index (χ0v) is 30.0. The fourth-order valence-electron chi connectivity index (χ4n) is 8.88. The Morgan fingerprint density at radius 3 is 2.08 bits per heavy atom. The third-order valence-electron chi connectivity index (χ3n) is 11.6. The molecular formula is C50H44N2. The van der Waals surface area contributed by atoms with E-state index in [4.69, 9.17) is 9.98 Å². The number of dihydropyridines is 1. The molecule has 254 valence electrons. The van der Waals surface area contributed by atoms with Gasteiger partial charge in [0.05, 0.1) is 17.4 Å². The van der Waals surface area contributed by atoms with Crippen molar-refractivity contribution >= 4 is 16.9 Å². The van der Waals surface area contributed by atoms with Gasteiger partial charge in [-0.1, -0.05) is 141 Å². The minimum Gasteiger partial charge on any atom is -0.276 e. The topological polar surface area (TPSA) is 25.2 Å². The molecule has 0 saturated heterocycles. The number of nitrogens with zero attached hydrogens (tertiary/aromatic N) is 2. The fraction of sp³-hybridized carbons (Fsp3) is 0.200. The van der Waals surface area contributed by atoms with Gasteiger partial charge in [0.15, 0.2) is 0 Å². The number of hydrogen-bond acceptors (Lipinski definition) is 2. The predicted molar refractivity (Wildman–Crippen MR) is 218 cm³/mol. The molecule has 9 rings (SSSR count). The maximum absolute atomic E-state index is 5.41. The number of aromatic nitrogens is 1. The summed E-state index contributed by atoms with van der Waals surface area (Å²) in [6, 6.07) is 43.6. The molecule has 52 heavy (non-hydrogen) atoms. The average Bonchev–Trinajstić information content (AvgIpc) is 3.21. The Morgan fingerprint density at radius 1 is 0.615 bits per heavy atom. The smallest absolute Gasteiger partial charge is 0.0822 e. The van der Waals surface area contributed by atoms with Crippen LogP contribution in [0, 0.1) is 23.7 Å². The molecule has 0 bridgehead atoms. The summed E-state index contributed by atoms with van der Waals surface area (Å²) < 4.78 is 0. The number of pyridine rings is 1. The quantitative estimate of drug-likeness (QED) is 0.176. The Balaban J connectivity index is 1.23. The van der Waals surface area contributed by atoms with Crippen LogP contribution in [0.25, 0.3) is 33.5 Å². The van der Waals surface area contributed by atoms with E-state index in [9.17, 15) is 0 Å². The van der Waals surface area contributed by atoms with Crippen molar-refractivity contribution in [3.8, 4) is 22.4 Å². The van der Waals surface area contributed by atoms with Gasteiger partial charge < -0.3 is 0 Å². The first-order valence-electron chi connectivity index (χ1n) is 19.0. The van der Waals surface area contributed by atoms with Crippen LogP contribution in [0.5, 0.6) is 0 Å². The highest BCUT2D eigenvalue weighted by Crippen LogP contribution is 2.49. The molecule has 0 N–H and O–H groups in total. The van der Waals surface area contributed by atoms with Crippen molar-refractivity contribution in [1.82, 2.24) is 4.98 Å². The Bertz CT molecular complexity index is 2290. The molecule has 0 radical (unpaired) electrons. The van der Waals surface area contributed by atoms with Gasteiger partial charge in [-0.25, -0.2) is 0 Å². The number of fused-ring (bicyclic) bond motifs is 3. The van der Waals surface area contributed by atoms with Gasteiger partial charge in [0.1, 0.15) is 0 Å². The first-order chi connectivity index (χ1) is 25.6. The number of allylic oxidation sites excluding steroid dienone is 9. The van der Waals surface area contributed by atoms with Crippen LogP contribution in [0.15, 0.2) is 180 Å². The predicted octanol–water partition coefficient (Wildman–Crippen LogP) is 12.6. The van der Waals surface area contributed by atoms with Crippen molar-refractivity contribution in [2.75, 3.05) is 0 Å². The molecule has 5 unspecified atom stereocenters. The van der Waals surface area contributed by atoms with Crippen LogP contribution < -0.4 is 0 Å². The van der Waals surface area contributed by atoms with E-state index >= 15 is 0 Å². The van der Waals surface area contributed by atoms with Gasteiger partial charge in [-0.3, -0.25) is 9.98 Å². The minimum absolute atomic E-state index is 0.00593. The van der Waals surface area contributed by atoms with Gasteiger partial charge in [-0.2, -0.15) is 0 Å². The van der Waals surface area contributed by atoms with Gasteiger partial charge in [0.2, 0.25) is 0 Å². The minimum atomic E-state index is 0.00593. The summed E-state index contributed by atoms with van der Waals surface area (Å²) in [5, 5.41) is 0. The van der Waals surface area contributed by atoms with E-state index < -0.39 is 0 Å². The summed E-state index contributed by atoms with van der Waals surface area (Å²) in [6.45, 7) is 4.71. The van der Waals surface area contributed by atoms with Gasteiger partial charge in [-0.15, -0.1) is 0 Å². The molecular weight excluding hydrogens is 629 g/mol. The highest BCUT2D eigenvalue weighted by molar-refractivity contribution is 6.13. The number of aliphatic imine (C=N–C) groups is 1. The molecule has 2 heteroatoms. The van der Waals surface area contributed by atoms with Gasteiger partial charge >= 0.3 is 0 Å². The Morgan fingerprint density at radius 2 is 1.33 bits per heavy atom. The molecule has 1 aliphatic heterocycles. The second kappa shape index (κ2) is 13.8. The molecule has 2 heterocycles. The van der Waals surface area contributed by atoms with E-state index in [-0.39, 0.29) is 12.0 Å². The summed E-state index contributed by atoms with van der Waals surface area (Å²) in [5.74, 6) is 1.93. The highest BCUT2D eigenvalue weighted by atomic mass is 14.8. The lowest BCUT2D eigenvalue weighted by molar-refractivity contribution is 0.350. The first kappa shape index (κ1) is 32.3. The lowest BCUT2D eigenvalue weighted by atomic mass is 9.65. The third kappa shape index (κ3) is 6.17. The summed E-state index contributed by atoms with van der Waals surface area (Å²) >= 11 is 0. The van der Waals surface area contributed by atoms with E-state index in [0.29, 0.717) is 17.8 Å². The second-order valence-electron chi connectivity index (χ2n) is 15.0. The second-order valence-corrected chi connectivity index (χ2v) is 15.0. The summed E-state index contributed by atoms with van der Waals surface area (Å²) in [4.78, 5) is 10.5. The number of hydrogen-bond donors (Lipinski definition) is 0. The van der Waals surface area contributed by atoms with Crippen LogP contribution in [-0.2, 0) is 0 Å². The zero-order chi connectivity index (χ0) is 35.0. The van der Waals surface area contributed by atoms with Crippen LogP contribution in [0.1, 0.15) is 61.4 Å². The molecule has 1 aromatic heterocycles. The molecule has 4 aromatic carbocycles. The van der Waals surface area contributed by atoms with Crippen molar-refractivity contribution in [1.29, 1.82) is 0 Å². The summed E-state index contributed by atoms with van der Waals surface area (Å²) in [5.41, 5.74) is 16.0. The molecule has 4 aliphatic rings. The number of benzene rings is 4. The van der Waals surface area contributed by atoms with Crippen molar-refractivity contribution in [2.45, 2.75) is 39.2 Å². The van der Waals surface area contributed by atoms with Gasteiger partial charge in [-0.05, 0) is 117 Å². The van der Waals surface area contributed by atoms with Crippen LogP contribution in [0.2, 0.25) is 0 Å². The Hall–Kier alpha value is -5.60. The Labute approximate surface area is 308 Å². The largest absolute Gasteiger partial charge is 0.276 e. The van der Waals surface area contributed by atoms with Crippen molar-refractivity contribution in [2.24, 2.45) is 28.7 Å². The standard InChI is InChI=1S/C50H44N2/c1-33-22-23-38-30-47(44-21-13-12-20-43(44)46(38)26-33)41-27-40(28-42(29-41)48-25-24-39(32-51-48)35-14-6-3-7-15-35)45-31-49(36-16-8-4-9-17-36)52-50(34(45)2)37-18-10-5-11-19-37/h3-11,13-19,21-25,27-34,43,46,50H,12,20,26H2,1-2H3. The van der Waals surface area contributed by atoms with Crippen molar-refractivity contribution < 1.29 is 0 Å². The van der Waals surface area contributed by atoms with Gasteiger partial charge in [0, 0.05) is 23.2 Å². The van der Waals surface area contributed by atoms with Crippen LogP contribution >= 0.6 is 0 Å². The van der Waals surface area contributed by atoms with Crippen molar-refractivity contribution in [3.63, 3.8) is 0 Å². The van der Waals surface area contributed by atoms with E-state index in [0.717, 1.165) is 34.5 Å². The SMILES string of the molecule is CC1C=CC2=CC(c3cc(C4=CC(c5ccccc5)=NC(c5ccccc5)C4C)cc(-c4ccc(-c5ccccc5)cn4)c3)=C3C=CCCC3C2C1. The summed E-state index contributed by atoms with van der Waals surface area (Å²) in [6.07, 6.45) is 20.1. The van der Waals surface area contributed by atoms with E-state index in [2.05, 4.69) is 172 Å². The van der Waals surface area contributed by atoms with E-state index in [1.807, 2.05) is 6.20 Å². The lowest BCUT2D eigenvalue weighted by Crippen LogP contribution is -2.27.